The zero-order valence-electron chi connectivity index (χ0n) is 27.1. The molecule has 5 nitrogen and oxygen atoms in total. The molecule has 46 heavy (non-hydrogen) atoms. The smallest absolute Gasteiger partial charge is 0.425 e. The fourth-order valence-corrected chi connectivity index (χ4v) is 5.04. The van der Waals surface area contributed by atoms with Gasteiger partial charge in [0.15, 0.2) is 6.10 Å². The van der Waals surface area contributed by atoms with Crippen LogP contribution >= 0.6 is 0 Å². The van der Waals surface area contributed by atoms with Gasteiger partial charge in [-0.05, 0) is 78.9 Å². The lowest BCUT2D eigenvalue weighted by molar-refractivity contribution is -0.206. The summed E-state index contributed by atoms with van der Waals surface area (Å²) in [5, 5.41) is 0. The minimum absolute atomic E-state index is 0.0588. The lowest BCUT2D eigenvalue weighted by Crippen LogP contribution is -2.33. The van der Waals surface area contributed by atoms with Crippen LogP contribution in [0.2, 0.25) is 0 Å². The van der Waals surface area contributed by atoms with Crippen molar-refractivity contribution in [3.8, 4) is 22.6 Å². The third kappa shape index (κ3) is 12.9. The SMILES string of the molecule is CCCCCCCCCCOc1ccc(-c2ccc(C(=O)Oc3ccc(C(=O)O[C@H](CCCCCC)C(F)(F)F)cc3)cc2)cc1. The van der Waals surface area contributed by atoms with Crippen molar-refractivity contribution in [3.63, 3.8) is 0 Å². The number of ether oxygens (including phenoxy) is 3. The number of rotatable bonds is 20. The molecule has 0 saturated carbocycles. The molecular weight excluding hydrogens is 593 g/mol. The molecule has 0 aliphatic rings. The largest absolute Gasteiger partial charge is 0.494 e. The van der Waals surface area contributed by atoms with Crippen molar-refractivity contribution >= 4 is 11.9 Å². The van der Waals surface area contributed by atoms with E-state index in [1.807, 2.05) is 43.3 Å². The highest BCUT2D eigenvalue weighted by Gasteiger charge is 2.42. The summed E-state index contributed by atoms with van der Waals surface area (Å²) in [6.07, 6.45) is 5.65. The predicted octanol–water partition coefficient (Wildman–Crippen LogP) is 11.2. The van der Waals surface area contributed by atoms with E-state index in [0.29, 0.717) is 25.0 Å². The summed E-state index contributed by atoms with van der Waals surface area (Å²) in [6, 6.07) is 20.1. The molecule has 0 aliphatic carbocycles. The molecule has 8 heteroatoms. The van der Waals surface area contributed by atoms with Crippen LogP contribution in [0.1, 0.15) is 118 Å². The Bertz CT molecular complexity index is 1300. The summed E-state index contributed by atoms with van der Waals surface area (Å²) in [5.74, 6) is -0.695. The van der Waals surface area contributed by atoms with E-state index in [1.165, 1.54) is 69.2 Å². The molecular formula is C38H47F3O5. The first kappa shape index (κ1) is 36.7. The molecule has 1 atom stereocenters. The molecule has 3 rings (SSSR count). The summed E-state index contributed by atoms with van der Waals surface area (Å²) < 4.78 is 56.2. The normalized spacial score (nSPS) is 12.0. The van der Waals surface area contributed by atoms with Gasteiger partial charge in [-0.3, -0.25) is 0 Å². The molecule has 3 aromatic rings. The Hall–Kier alpha value is -3.81. The van der Waals surface area contributed by atoms with Crippen LogP contribution < -0.4 is 9.47 Å². The zero-order chi connectivity index (χ0) is 33.2. The molecule has 0 spiro atoms. The maximum Gasteiger partial charge on any atom is 0.425 e. The number of esters is 2. The summed E-state index contributed by atoms with van der Waals surface area (Å²) in [6.45, 7) is 4.90. The van der Waals surface area contributed by atoms with Crippen molar-refractivity contribution < 1.29 is 37.0 Å². The van der Waals surface area contributed by atoms with Crippen LogP contribution in [0.5, 0.6) is 11.5 Å². The number of carbonyl (C=O) groups is 2. The van der Waals surface area contributed by atoms with E-state index in [0.717, 1.165) is 36.1 Å². The first-order valence-electron chi connectivity index (χ1n) is 16.6. The second-order valence-corrected chi connectivity index (χ2v) is 11.6. The second kappa shape index (κ2) is 19.6. The van der Waals surface area contributed by atoms with Gasteiger partial charge in [0.1, 0.15) is 11.5 Å². The number of halogens is 3. The number of unbranched alkanes of at least 4 members (excludes halogenated alkanes) is 10. The highest BCUT2D eigenvalue weighted by molar-refractivity contribution is 5.92. The standard InChI is InChI=1S/C38H47F3O5/c1-3-5-7-9-10-11-12-14-28-44-33-24-20-30(21-25-33)29-16-18-31(19-17-29)36(42)45-34-26-22-32(23-27-34)37(43)46-35(38(39,40)41)15-13-8-6-4-2/h16-27,35H,3-15,28H2,1-2H3/t35-/m1/s1. The van der Waals surface area contributed by atoms with Crippen LogP contribution in [-0.2, 0) is 4.74 Å². The average Bonchev–Trinajstić information content (AvgIpc) is 3.05. The number of benzene rings is 3. The highest BCUT2D eigenvalue weighted by Crippen LogP contribution is 2.29. The molecule has 0 radical (unpaired) electrons. The van der Waals surface area contributed by atoms with E-state index in [9.17, 15) is 22.8 Å². The minimum atomic E-state index is -4.64. The molecule has 0 saturated heterocycles. The summed E-state index contributed by atoms with van der Waals surface area (Å²) in [5.41, 5.74) is 2.18. The van der Waals surface area contributed by atoms with Crippen molar-refractivity contribution in [3.05, 3.63) is 83.9 Å². The molecule has 0 amide bonds. The highest BCUT2D eigenvalue weighted by atomic mass is 19.4. The number of hydrogen-bond acceptors (Lipinski definition) is 5. The molecule has 0 heterocycles. The Balaban J connectivity index is 1.45. The third-order valence-electron chi connectivity index (χ3n) is 7.81. The van der Waals surface area contributed by atoms with Crippen LogP contribution in [0.15, 0.2) is 72.8 Å². The van der Waals surface area contributed by atoms with Gasteiger partial charge in [0.2, 0.25) is 0 Å². The predicted molar refractivity (Wildman–Crippen MR) is 175 cm³/mol. The number of carbonyl (C=O) groups excluding carboxylic acids is 2. The maximum atomic E-state index is 13.4. The minimum Gasteiger partial charge on any atom is -0.494 e. The monoisotopic (exact) mass is 640 g/mol. The van der Waals surface area contributed by atoms with E-state index >= 15 is 0 Å². The number of hydrogen-bond donors (Lipinski definition) is 0. The first-order chi connectivity index (χ1) is 22.2. The Kier molecular flexibility index (Phi) is 15.7. The molecule has 0 aromatic heterocycles. The quantitative estimate of drug-likeness (QED) is 0.0698. The van der Waals surface area contributed by atoms with Crippen molar-refractivity contribution in [1.29, 1.82) is 0 Å². The van der Waals surface area contributed by atoms with Crippen molar-refractivity contribution in [2.75, 3.05) is 6.61 Å². The fourth-order valence-electron chi connectivity index (χ4n) is 5.04. The lowest BCUT2D eigenvalue weighted by atomic mass is 10.0. The van der Waals surface area contributed by atoms with E-state index in [-0.39, 0.29) is 17.7 Å². The Morgan fingerprint density at radius 3 is 1.61 bits per heavy atom. The topological polar surface area (TPSA) is 61.8 Å². The Morgan fingerprint density at radius 1 is 0.587 bits per heavy atom. The first-order valence-corrected chi connectivity index (χ1v) is 16.6. The summed E-state index contributed by atoms with van der Waals surface area (Å²) in [7, 11) is 0. The zero-order valence-corrected chi connectivity index (χ0v) is 27.1. The van der Waals surface area contributed by atoms with Crippen molar-refractivity contribution in [1.82, 2.24) is 0 Å². The Labute approximate surface area is 271 Å². The van der Waals surface area contributed by atoms with E-state index in [2.05, 4.69) is 6.92 Å². The van der Waals surface area contributed by atoms with Crippen LogP contribution in [0.4, 0.5) is 13.2 Å². The third-order valence-corrected chi connectivity index (χ3v) is 7.81. The van der Waals surface area contributed by atoms with Crippen molar-refractivity contribution in [2.45, 2.75) is 110 Å². The lowest BCUT2D eigenvalue weighted by Gasteiger charge is -2.20. The van der Waals surface area contributed by atoms with Crippen LogP contribution in [0, 0.1) is 0 Å². The fraction of sp³-hybridized carbons (Fsp3) is 0.474. The van der Waals surface area contributed by atoms with Gasteiger partial charge >= 0.3 is 18.1 Å². The summed E-state index contributed by atoms with van der Waals surface area (Å²) >= 11 is 0. The number of alkyl halides is 3. The maximum absolute atomic E-state index is 13.4. The van der Waals surface area contributed by atoms with Crippen LogP contribution in [-0.4, -0.2) is 30.8 Å². The Morgan fingerprint density at radius 2 is 1.04 bits per heavy atom. The molecule has 0 fully saturated rings. The van der Waals surface area contributed by atoms with E-state index < -0.39 is 24.2 Å². The van der Waals surface area contributed by atoms with Gasteiger partial charge in [0, 0.05) is 0 Å². The molecule has 0 N–H and O–H groups in total. The van der Waals surface area contributed by atoms with Crippen LogP contribution in [0.3, 0.4) is 0 Å². The van der Waals surface area contributed by atoms with Crippen molar-refractivity contribution in [2.24, 2.45) is 0 Å². The molecule has 0 bridgehead atoms. The molecule has 0 unspecified atom stereocenters. The van der Waals surface area contributed by atoms with Gasteiger partial charge in [-0.25, -0.2) is 9.59 Å². The van der Waals surface area contributed by atoms with Gasteiger partial charge in [-0.2, -0.15) is 13.2 Å². The van der Waals surface area contributed by atoms with Crippen LogP contribution in [0.25, 0.3) is 11.1 Å². The van der Waals surface area contributed by atoms with Gasteiger partial charge in [0.25, 0.3) is 0 Å². The molecule has 250 valence electrons. The van der Waals surface area contributed by atoms with E-state index in [1.54, 1.807) is 12.1 Å². The van der Waals surface area contributed by atoms with Gasteiger partial charge in [-0.15, -0.1) is 0 Å². The van der Waals surface area contributed by atoms with E-state index in [4.69, 9.17) is 14.2 Å². The molecule has 0 aliphatic heterocycles. The summed E-state index contributed by atoms with van der Waals surface area (Å²) in [4.78, 5) is 25.1. The van der Waals surface area contributed by atoms with Gasteiger partial charge < -0.3 is 14.2 Å². The molecule has 3 aromatic carbocycles. The van der Waals surface area contributed by atoms with Gasteiger partial charge in [0.05, 0.1) is 17.7 Å². The second-order valence-electron chi connectivity index (χ2n) is 11.6. The van der Waals surface area contributed by atoms with Gasteiger partial charge in [-0.1, -0.05) is 102 Å². The average molecular weight is 641 g/mol.